The molecule has 0 heterocycles. The van der Waals surface area contributed by atoms with Crippen molar-refractivity contribution in [3.63, 3.8) is 0 Å². The Hall–Kier alpha value is -2.00. The molecule has 1 aromatic rings. The molecule has 0 aliphatic heterocycles. The Kier molecular flexibility index (Phi) is 5.79. The van der Waals surface area contributed by atoms with Gasteiger partial charge in [0.15, 0.2) is 0 Å². The molecule has 6 heteroatoms. The van der Waals surface area contributed by atoms with Crippen LogP contribution in [0.1, 0.15) is 25.0 Å². The summed E-state index contributed by atoms with van der Waals surface area (Å²) in [5.74, 6) is -0.400. The molecule has 0 spiro atoms. The molecule has 1 N–H and O–H groups in total. The van der Waals surface area contributed by atoms with Crippen LogP contribution in [0.3, 0.4) is 0 Å². The van der Waals surface area contributed by atoms with Crippen LogP contribution in [0.15, 0.2) is 24.3 Å². The van der Waals surface area contributed by atoms with Gasteiger partial charge in [-0.15, -0.1) is 11.8 Å². The standard InChI is InChI=1S/C15H18N2O3S/c1-15(2,14(19)20)17(3)13(18)10-21-9-12-6-4-11(8-16)5-7-12/h4-7H,9-10H2,1-3H3,(H,19,20). The third kappa shape index (κ3) is 4.50. The van der Waals surface area contributed by atoms with E-state index in [1.807, 2.05) is 18.2 Å². The molecule has 0 atom stereocenters. The van der Waals surface area contributed by atoms with Crippen molar-refractivity contribution in [1.82, 2.24) is 4.90 Å². The summed E-state index contributed by atoms with van der Waals surface area (Å²) in [4.78, 5) is 24.3. The lowest BCUT2D eigenvalue weighted by molar-refractivity contribution is -0.154. The van der Waals surface area contributed by atoms with E-state index in [1.54, 1.807) is 12.1 Å². The van der Waals surface area contributed by atoms with Gasteiger partial charge in [0, 0.05) is 12.8 Å². The van der Waals surface area contributed by atoms with Crippen LogP contribution in [0.25, 0.3) is 0 Å². The van der Waals surface area contributed by atoms with Gasteiger partial charge < -0.3 is 10.0 Å². The van der Waals surface area contributed by atoms with Gasteiger partial charge >= 0.3 is 5.97 Å². The number of thioether (sulfide) groups is 1. The molecule has 0 radical (unpaired) electrons. The van der Waals surface area contributed by atoms with E-state index in [0.29, 0.717) is 11.3 Å². The first kappa shape index (κ1) is 17.1. The number of likely N-dealkylation sites (N-methyl/N-ethyl adjacent to an activating group) is 1. The summed E-state index contributed by atoms with van der Waals surface area (Å²) in [6, 6.07) is 9.21. The van der Waals surface area contributed by atoms with Crippen molar-refractivity contribution in [1.29, 1.82) is 5.26 Å². The lowest BCUT2D eigenvalue weighted by Crippen LogP contribution is -2.51. The van der Waals surface area contributed by atoms with E-state index >= 15 is 0 Å². The van der Waals surface area contributed by atoms with E-state index in [2.05, 4.69) is 0 Å². The smallest absolute Gasteiger partial charge is 0.329 e. The fourth-order valence-electron chi connectivity index (χ4n) is 1.48. The summed E-state index contributed by atoms with van der Waals surface area (Å²) in [5.41, 5.74) is 0.404. The van der Waals surface area contributed by atoms with Gasteiger partial charge in [-0.25, -0.2) is 4.79 Å². The van der Waals surface area contributed by atoms with Crippen LogP contribution >= 0.6 is 11.8 Å². The Bertz CT molecular complexity index is 561. The van der Waals surface area contributed by atoms with Crippen molar-refractivity contribution in [2.24, 2.45) is 0 Å². The molecule has 0 aromatic heterocycles. The van der Waals surface area contributed by atoms with Crippen LogP contribution in [-0.4, -0.2) is 40.2 Å². The molecule has 21 heavy (non-hydrogen) atoms. The number of carboxylic acids is 1. The zero-order valence-corrected chi connectivity index (χ0v) is 13.1. The highest BCUT2D eigenvalue weighted by atomic mass is 32.2. The number of benzene rings is 1. The second-order valence-electron chi connectivity index (χ2n) is 5.12. The Balaban J connectivity index is 2.50. The number of carbonyl (C=O) groups is 2. The summed E-state index contributed by atoms with van der Waals surface area (Å²) in [5, 5.41) is 17.8. The zero-order valence-electron chi connectivity index (χ0n) is 12.3. The SMILES string of the molecule is CN(C(=O)CSCc1ccc(C#N)cc1)C(C)(C)C(=O)O. The van der Waals surface area contributed by atoms with Gasteiger partial charge in [-0.1, -0.05) is 12.1 Å². The van der Waals surface area contributed by atoms with Crippen LogP contribution in [0, 0.1) is 11.3 Å². The van der Waals surface area contributed by atoms with Gasteiger partial charge in [-0.3, -0.25) is 4.79 Å². The molecule has 0 unspecified atom stereocenters. The number of aliphatic carboxylic acids is 1. The molecule has 1 aromatic carbocycles. The van der Waals surface area contributed by atoms with Gasteiger partial charge in [0.2, 0.25) is 5.91 Å². The Labute approximate surface area is 128 Å². The highest BCUT2D eigenvalue weighted by molar-refractivity contribution is 7.99. The van der Waals surface area contributed by atoms with Crippen LogP contribution in [-0.2, 0) is 15.3 Å². The topological polar surface area (TPSA) is 81.4 Å². The predicted molar refractivity (Wildman–Crippen MR) is 81.8 cm³/mol. The maximum Gasteiger partial charge on any atom is 0.329 e. The molecule has 0 saturated heterocycles. The quantitative estimate of drug-likeness (QED) is 0.870. The number of nitriles is 1. The van der Waals surface area contributed by atoms with Crippen LogP contribution < -0.4 is 0 Å². The second kappa shape index (κ2) is 7.14. The second-order valence-corrected chi connectivity index (χ2v) is 6.10. The maximum atomic E-state index is 12.0. The summed E-state index contributed by atoms with van der Waals surface area (Å²) in [6.07, 6.45) is 0. The Morgan fingerprint density at radius 1 is 1.33 bits per heavy atom. The minimum atomic E-state index is -1.22. The van der Waals surface area contributed by atoms with E-state index < -0.39 is 11.5 Å². The molecule has 0 fully saturated rings. The molecule has 5 nitrogen and oxygen atoms in total. The van der Waals surface area contributed by atoms with E-state index in [9.17, 15) is 9.59 Å². The average Bonchev–Trinajstić information content (AvgIpc) is 2.46. The molecule has 112 valence electrons. The van der Waals surface area contributed by atoms with Crippen LogP contribution in [0.4, 0.5) is 0 Å². The largest absolute Gasteiger partial charge is 0.480 e. The van der Waals surface area contributed by atoms with Crippen molar-refractivity contribution in [3.8, 4) is 6.07 Å². The van der Waals surface area contributed by atoms with Crippen LogP contribution in [0.5, 0.6) is 0 Å². The van der Waals surface area contributed by atoms with Gasteiger partial charge in [-0.2, -0.15) is 5.26 Å². The van der Waals surface area contributed by atoms with E-state index in [4.69, 9.17) is 10.4 Å². The first-order chi connectivity index (χ1) is 9.78. The number of carboxylic acid groups (broad SMARTS) is 1. The summed E-state index contributed by atoms with van der Waals surface area (Å²) in [6.45, 7) is 3.00. The van der Waals surface area contributed by atoms with E-state index in [-0.39, 0.29) is 11.7 Å². The normalized spacial score (nSPS) is 10.8. The molecular weight excluding hydrogens is 288 g/mol. The van der Waals surface area contributed by atoms with E-state index in [0.717, 1.165) is 5.56 Å². The first-order valence-electron chi connectivity index (χ1n) is 6.36. The van der Waals surface area contributed by atoms with E-state index in [1.165, 1.54) is 37.6 Å². The minimum absolute atomic E-state index is 0.215. The summed E-state index contributed by atoms with van der Waals surface area (Å²) >= 11 is 1.42. The maximum absolute atomic E-state index is 12.0. The molecule has 1 amide bonds. The highest BCUT2D eigenvalue weighted by Crippen LogP contribution is 2.17. The predicted octanol–water partition coefficient (Wildman–Crippen LogP) is 2.11. The molecule has 0 aliphatic carbocycles. The van der Waals surface area contributed by atoms with Gasteiger partial charge in [0.25, 0.3) is 0 Å². The fraction of sp³-hybridized carbons (Fsp3) is 0.400. The first-order valence-corrected chi connectivity index (χ1v) is 7.51. The third-order valence-corrected chi connectivity index (χ3v) is 4.30. The third-order valence-electron chi connectivity index (χ3n) is 3.31. The monoisotopic (exact) mass is 306 g/mol. The van der Waals surface area contributed by atoms with Gasteiger partial charge in [0.05, 0.1) is 17.4 Å². The van der Waals surface area contributed by atoms with Crippen molar-refractivity contribution >= 4 is 23.6 Å². The molecule has 0 saturated carbocycles. The summed E-state index contributed by atoms with van der Waals surface area (Å²) < 4.78 is 0. The number of nitrogens with zero attached hydrogens (tertiary/aromatic N) is 2. The average molecular weight is 306 g/mol. The van der Waals surface area contributed by atoms with Crippen molar-refractivity contribution in [2.75, 3.05) is 12.8 Å². The lowest BCUT2D eigenvalue weighted by Gasteiger charge is -2.31. The number of amides is 1. The number of hydrogen-bond acceptors (Lipinski definition) is 4. The lowest BCUT2D eigenvalue weighted by atomic mass is 10.0. The highest BCUT2D eigenvalue weighted by Gasteiger charge is 2.34. The molecule has 0 bridgehead atoms. The minimum Gasteiger partial charge on any atom is -0.480 e. The molecule has 0 aliphatic rings. The number of rotatable bonds is 6. The fourth-order valence-corrected chi connectivity index (χ4v) is 2.38. The summed E-state index contributed by atoms with van der Waals surface area (Å²) in [7, 11) is 1.50. The zero-order chi connectivity index (χ0) is 16.0. The van der Waals surface area contributed by atoms with Crippen LogP contribution in [0.2, 0.25) is 0 Å². The Morgan fingerprint density at radius 2 is 1.90 bits per heavy atom. The Morgan fingerprint density at radius 3 is 2.38 bits per heavy atom. The van der Waals surface area contributed by atoms with Crippen molar-refractivity contribution < 1.29 is 14.7 Å². The number of carbonyl (C=O) groups excluding carboxylic acids is 1. The van der Waals surface area contributed by atoms with Gasteiger partial charge in [-0.05, 0) is 31.5 Å². The van der Waals surface area contributed by atoms with Crippen molar-refractivity contribution in [2.45, 2.75) is 25.1 Å². The van der Waals surface area contributed by atoms with Crippen molar-refractivity contribution in [3.05, 3.63) is 35.4 Å². The van der Waals surface area contributed by atoms with Gasteiger partial charge in [0.1, 0.15) is 5.54 Å². The molecular formula is C15H18N2O3S. The number of hydrogen-bond donors (Lipinski definition) is 1. The molecule has 1 rings (SSSR count).